The first-order valence-electron chi connectivity index (χ1n) is 9.74. The van der Waals surface area contributed by atoms with E-state index in [1.807, 2.05) is 81.4 Å². The zero-order valence-corrected chi connectivity index (χ0v) is 16.6. The van der Waals surface area contributed by atoms with Gasteiger partial charge in [-0.3, -0.25) is 4.79 Å². The van der Waals surface area contributed by atoms with Gasteiger partial charge in [0.25, 0.3) is 5.91 Å². The fraction of sp³-hybridized carbons (Fsp3) is 0.292. The van der Waals surface area contributed by atoms with E-state index in [9.17, 15) is 4.79 Å². The van der Waals surface area contributed by atoms with Gasteiger partial charge in [-0.1, -0.05) is 49.4 Å². The minimum Gasteiger partial charge on any atom is -0.491 e. The summed E-state index contributed by atoms with van der Waals surface area (Å²) in [6.45, 7) is 6.39. The third-order valence-corrected chi connectivity index (χ3v) is 4.42. The zero-order valence-electron chi connectivity index (χ0n) is 16.6. The van der Waals surface area contributed by atoms with Gasteiger partial charge in [0.05, 0.1) is 6.10 Å². The molecule has 4 nitrogen and oxygen atoms in total. The Morgan fingerprint density at radius 1 is 0.893 bits per heavy atom. The minimum absolute atomic E-state index is 0.113. The standard InChI is InChI=1S/C24H27NO3/c1-4-23(28-22-14-11-19-7-5-6-8-20(19)15-22)24(26)25-16-18-9-12-21(13-10-18)27-17(2)3/h5-15,17,23H,4,16H2,1-3H3,(H,25,26). The molecule has 0 aliphatic carbocycles. The Bertz CT molecular complexity index is 919. The zero-order chi connectivity index (χ0) is 19.9. The largest absolute Gasteiger partial charge is 0.491 e. The summed E-state index contributed by atoms with van der Waals surface area (Å²) >= 11 is 0. The molecule has 1 amide bonds. The Balaban J connectivity index is 1.58. The lowest BCUT2D eigenvalue weighted by atomic mass is 10.1. The number of benzene rings is 3. The highest BCUT2D eigenvalue weighted by molar-refractivity contribution is 5.84. The summed E-state index contributed by atoms with van der Waals surface area (Å²) in [5.41, 5.74) is 1.02. The summed E-state index contributed by atoms with van der Waals surface area (Å²) < 4.78 is 11.6. The number of carbonyl (C=O) groups is 1. The van der Waals surface area contributed by atoms with Crippen LogP contribution in [0.4, 0.5) is 0 Å². The number of fused-ring (bicyclic) bond motifs is 1. The quantitative estimate of drug-likeness (QED) is 0.594. The number of hydrogen-bond donors (Lipinski definition) is 1. The highest BCUT2D eigenvalue weighted by Crippen LogP contribution is 2.22. The van der Waals surface area contributed by atoms with Crippen molar-refractivity contribution >= 4 is 16.7 Å². The predicted molar refractivity (Wildman–Crippen MR) is 113 cm³/mol. The highest BCUT2D eigenvalue weighted by Gasteiger charge is 2.18. The lowest BCUT2D eigenvalue weighted by Crippen LogP contribution is -2.37. The van der Waals surface area contributed by atoms with Crippen LogP contribution in [0.3, 0.4) is 0 Å². The number of amides is 1. The summed E-state index contributed by atoms with van der Waals surface area (Å²) in [5, 5.41) is 5.21. The van der Waals surface area contributed by atoms with Crippen molar-refractivity contribution in [3.05, 3.63) is 72.3 Å². The van der Waals surface area contributed by atoms with E-state index in [0.29, 0.717) is 18.7 Å². The molecule has 4 heteroatoms. The number of nitrogens with one attached hydrogen (secondary N) is 1. The van der Waals surface area contributed by atoms with Crippen LogP contribution in [0.15, 0.2) is 66.7 Å². The van der Waals surface area contributed by atoms with Crippen LogP contribution in [-0.4, -0.2) is 18.1 Å². The lowest BCUT2D eigenvalue weighted by Gasteiger charge is -2.18. The van der Waals surface area contributed by atoms with Crippen LogP contribution in [-0.2, 0) is 11.3 Å². The van der Waals surface area contributed by atoms with Crippen molar-refractivity contribution in [2.24, 2.45) is 0 Å². The van der Waals surface area contributed by atoms with Gasteiger partial charge in [0.2, 0.25) is 0 Å². The van der Waals surface area contributed by atoms with Crippen LogP contribution in [0.2, 0.25) is 0 Å². The van der Waals surface area contributed by atoms with Crippen molar-refractivity contribution in [1.82, 2.24) is 5.32 Å². The maximum absolute atomic E-state index is 12.6. The SMILES string of the molecule is CCC(Oc1ccc2ccccc2c1)C(=O)NCc1ccc(OC(C)C)cc1. The topological polar surface area (TPSA) is 47.6 Å². The average molecular weight is 377 g/mol. The molecule has 3 rings (SSSR count). The van der Waals surface area contributed by atoms with Crippen molar-refractivity contribution in [3.8, 4) is 11.5 Å². The van der Waals surface area contributed by atoms with Crippen LogP contribution in [0.5, 0.6) is 11.5 Å². The molecule has 0 bridgehead atoms. The summed E-state index contributed by atoms with van der Waals surface area (Å²) in [6.07, 6.45) is 0.215. The van der Waals surface area contributed by atoms with Crippen molar-refractivity contribution in [2.75, 3.05) is 0 Å². The molecule has 0 saturated carbocycles. The molecule has 146 valence electrons. The molecule has 0 aliphatic heterocycles. The monoisotopic (exact) mass is 377 g/mol. The van der Waals surface area contributed by atoms with E-state index in [1.165, 1.54) is 0 Å². The van der Waals surface area contributed by atoms with E-state index < -0.39 is 6.10 Å². The van der Waals surface area contributed by atoms with Gasteiger partial charge in [0.1, 0.15) is 11.5 Å². The first kappa shape index (κ1) is 19.7. The van der Waals surface area contributed by atoms with Crippen molar-refractivity contribution in [2.45, 2.75) is 45.9 Å². The first-order chi connectivity index (χ1) is 13.5. The molecule has 0 aromatic heterocycles. The van der Waals surface area contributed by atoms with E-state index in [2.05, 4.69) is 11.4 Å². The normalized spacial score (nSPS) is 12.0. The van der Waals surface area contributed by atoms with E-state index in [0.717, 1.165) is 22.1 Å². The molecular formula is C24H27NO3. The maximum Gasteiger partial charge on any atom is 0.261 e. The van der Waals surface area contributed by atoms with Crippen LogP contribution >= 0.6 is 0 Å². The number of ether oxygens (including phenoxy) is 2. The Morgan fingerprint density at radius 2 is 1.57 bits per heavy atom. The molecule has 0 aliphatic rings. The van der Waals surface area contributed by atoms with E-state index in [-0.39, 0.29) is 12.0 Å². The highest BCUT2D eigenvalue weighted by atomic mass is 16.5. The van der Waals surface area contributed by atoms with E-state index in [1.54, 1.807) is 0 Å². The van der Waals surface area contributed by atoms with Gasteiger partial charge >= 0.3 is 0 Å². The molecule has 1 unspecified atom stereocenters. The molecule has 1 N–H and O–H groups in total. The summed E-state index contributed by atoms with van der Waals surface area (Å²) in [4.78, 5) is 12.6. The lowest BCUT2D eigenvalue weighted by molar-refractivity contribution is -0.128. The van der Waals surface area contributed by atoms with Gasteiger partial charge in [-0.15, -0.1) is 0 Å². The van der Waals surface area contributed by atoms with Crippen molar-refractivity contribution in [3.63, 3.8) is 0 Å². The number of carbonyl (C=O) groups excluding carboxylic acids is 1. The summed E-state index contributed by atoms with van der Waals surface area (Å²) in [5.74, 6) is 1.42. The molecular weight excluding hydrogens is 350 g/mol. The van der Waals surface area contributed by atoms with Gasteiger partial charge in [-0.2, -0.15) is 0 Å². The number of hydrogen-bond acceptors (Lipinski definition) is 3. The third-order valence-electron chi connectivity index (χ3n) is 4.42. The van der Waals surface area contributed by atoms with Gasteiger partial charge in [-0.25, -0.2) is 0 Å². The summed E-state index contributed by atoms with van der Waals surface area (Å²) in [6, 6.07) is 21.7. The average Bonchev–Trinajstić information content (AvgIpc) is 2.70. The molecule has 0 saturated heterocycles. The van der Waals surface area contributed by atoms with Gasteiger partial charge in [0.15, 0.2) is 6.10 Å². The number of rotatable bonds is 8. The Morgan fingerprint density at radius 3 is 2.25 bits per heavy atom. The molecule has 1 atom stereocenters. The fourth-order valence-electron chi connectivity index (χ4n) is 2.99. The van der Waals surface area contributed by atoms with E-state index in [4.69, 9.17) is 9.47 Å². The Kier molecular flexibility index (Phi) is 6.53. The predicted octanol–water partition coefficient (Wildman–Crippen LogP) is 5.10. The molecule has 3 aromatic rings. The molecule has 28 heavy (non-hydrogen) atoms. The van der Waals surface area contributed by atoms with Gasteiger partial charge in [0, 0.05) is 6.54 Å². The fourth-order valence-corrected chi connectivity index (χ4v) is 2.99. The van der Waals surface area contributed by atoms with Crippen LogP contribution < -0.4 is 14.8 Å². The van der Waals surface area contributed by atoms with Crippen molar-refractivity contribution in [1.29, 1.82) is 0 Å². The first-order valence-corrected chi connectivity index (χ1v) is 9.74. The molecule has 3 aromatic carbocycles. The van der Waals surface area contributed by atoms with Crippen LogP contribution in [0.25, 0.3) is 10.8 Å². The second-order valence-electron chi connectivity index (χ2n) is 7.05. The van der Waals surface area contributed by atoms with Crippen LogP contribution in [0, 0.1) is 0 Å². The summed E-state index contributed by atoms with van der Waals surface area (Å²) in [7, 11) is 0. The molecule has 0 spiro atoms. The second kappa shape index (κ2) is 9.27. The molecule has 0 fully saturated rings. The Hall–Kier alpha value is -3.01. The Labute approximate surface area is 166 Å². The molecule has 0 heterocycles. The smallest absolute Gasteiger partial charge is 0.261 e. The second-order valence-corrected chi connectivity index (χ2v) is 7.05. The minimum atomic E-state index is -0.523. The molecule has 0 radical (unpaired) electrons. The van der Waals surface area contributed by atoms with Crippen LogP contribution in [0.1, 0.15) is 32.8 Å². The van der Waals surface area contributed by atoms with Gasteiger partial charge in [-0.05, 0) is 60.9 Å². The maximum atomic E-state index is 12.6. The third kappa shape index (κ3) is 5.26. The van der Waals surface area contributed by atoms with E-state index >= 15 is 0 Å². The van der Waals surface area contributed by atoms with Crippen molar-refractivity contribution < 1.29 is 14.3 Å². The van der Waals surface area contributed by atoms with Gasteiger partial charge < -0.3 is 14.8 Å².